The predicted molar refractivity (Wildman–Crippen MR) is 129 cm³/mol. The van der Waals surface area contributed by atoms with Crippen LogP contribution in [0, 0.1) is 6.92 Å². The van der Waals surface area contributed by atoms with Crippen molar-refractivity contribution < 1.29 is 24.2 Å². The van der Waals surface area contributed by atoms with Crippen LogP contribution in [0.25, 0.3) is 5.76 Å². The summed E-state index contributed by atoms with van der Waals surface area (Å²) in [4.78, 5) is 39.6. The summed E-state index contributed by atoms with van der Waals surface area (Å²) in [5.41, 5.74) is 3.41. The van der Waals surface area contributed by atoms with Crippen LogP contribution in [-0.2, 0) is 25.5 Å². The fourth-order valence-corrected chi connectivity index (χ4v) is 4.16. The number of amides is 1. The SMILES string of the molecule is CCOC(=O)Cc1ccc(N2C(=O)C(=O)/C(=C(\O)c3ccccc3)C2c2cccc(C)c2)cc1. The minimum Gasteiger partial charge on any atom is -0.507 e. The summed E-state index contributed by atoms with van der Waals surface area (Å²) in [6.07, 6.45) is 0.113. The van der Waals surface area contributed by atoms with E-state index < -0.39 is 17.7 Å². The van der Waals surface area contributed by atoms with Gasteiger partial charge in [-0.2, -0.15) is 0 Å². The normalized spacial score (nSPS) is 17.1. The Hall–Kier alpha value is -4.19. The lowest BCUT2D eigenvalue weighted by Crippen LogP contribution is -2.29. The van der Waals surface area contributed by atoms with E-state index in [-0.39, 0.29) is 23.7 Å². The van der Waals surface area contributed by atoms with Crippen molar-refractivity contribution >= 4 is 29.1 Å². The molecule has 1 unspecified atom stereocenters. The molecule has 0 radical (unpaired) electrons. The van der Waals surface area contributed by atoms with Crippen molar-refractivity contribution in [2.24, 2.45) is 0 Å². The van der Waals surface area contributed by atoms with E-state index in [1.807, 2.05) is 37.3 Å². The van der Waals surface area contributed by atoms with E-state index in [0.29, 0.717) is 23.4 Å². The van der Waals surface area contributed by atoms with Crippen molar-refractivity contribution in [2.45, 2.75) is 26.3 Å². The maximum Gasteiger partial charge on any atom is 0.310 e. The number of Topliss-reactive ketones (excluding diaryl/α,β-unsaturated/α-hetero) is 1. The molecule has 6 nitrogen and oxygen atoms in total. The summed E-state index contributed by atoms with van der Waals surface area (Å²) in [7, 11) is 0. The molecule has 34 heavy (non-hydrogen) atoms. The van der Waals surface area contributed by atoms with E-state index in [1.165, 1.54) is 4.90 Å². The quantitative estimate of drug-likeness (QED) is 0.252. The van der Waals surface area contributed by atoms with Crippen molar-refractivity contribution in [3.05, 3.63) is 107 Å². The highest BCUT2D eigenvalue weighted by atomic mass is 16.5. The Labute approximate surface area is 198 Å². The number of carbonyl (C=O) groups is 3. The summed E-state index contributed by atoms with van der Waals surface area (Å²) in [5, 5.41) is 11.1. The Morgan fingerprint density at radius 1 is 0.971 bits per heavy atom. The number of ketones is 1. The number of ether oxygens (including phenoxy) is 1. The topological polar surface area (TPSA) is 83.9 Å². The van der Waals surface area contributed by atoms with Crippen molar-refractivity contribution in [1.82, 2.24) is 0 Å². The fraction of sp³-hybridized carbons (Fsp3) is 0.179. The Bertz CT molecular complexity index is 1260. The molecule has 4 rings (SSSR count). The molecular weight excluding hydrogens is 430 g/mol. The van der Waals surface area contributed by atoms with E-state index in [4.69, 9.17) is 4.74 Å². The molecule has 1 N–H and O–H groups in total. The fourth-order valence-electron chi connectivity index (χ4n) is 4.16. The number of hydrogen-bond donors (Lipinski definition) is 1. The van der Waals surface area contributed by atoms with E-state index in [1.54, 1.807) is 55.5 Å². The second kappa shape index (κ2) is 9.75. The predicted octanol–water partition coefficient (Wildman–Crippen LogP) is 4.73. The van der Waals surface area contributed by atoms with Crippen molar-refractivity contribution in [3.63, 3.8) is 0 Å². The van der Waals surface area contributed by atoms with Crippen LogP contribution in [0.5, 0.6) is 0 Å². The van der Waals surface area contributed by atoms with E-state index in [9.17, 15) is 19.5 Å². The average molecular weight is 456 g/mol. The number of carbonyl (C=O) groups excluding carboxylic acids is 3. The lowest BCUT2D eigenvalue weighted by molar-refractivity contribution is -0.142. The zero-order valence-electron chi connectivity index (χ0n) is 19.0. The van der Waals surface area contributed by atoms with Gasteiger partial charge in [0.15, 0.2) is 0 Å². The Balaban J connectivity index is 1.81. The average Bonchev–Trinajstić information content (AvgIpc) is 3.10. The highest BCUT2D eigenvalue weighted by Crippen LogP contribution is 2.42. The van der Waals surface area contributed by atoms with Gasteiger partial charge in [-0.05, 0) is 37.1 Å². The number of hydrogen-bond acceptors (Lipinski definition) is 5. The third-order valence-electron chi connectivity index (χ3n) is 5.72. The van der Waals surface area contributed by atoms with Crippen LogP contribution < -0.4 is 4.90 Å². The molecule has 0 spiro atoms. The van der Waals surface area contributed by atoms with Crippen LogP contribution >= 0.6 is 0 Å². The molecule has 1 heterocycles. The lowest BCUT2D eigenvalue weighted by atomic mass is 9.94. The number of anilines is 1. The van der Waals surface area contributed by atoms with Gasteiger partial charge in [0.2, 0.25) is 0 Å². The molecule has 3 aromatic carbocycles. The van der Waals surface area contributed by atoms with Crippen molar-refractivity contribution in [2.75, 3.05) is 11.5 Å². The molecule has 0 bridgehead atoms. The molecule has 1 aliphatic rings. The molecule has 1 saturated heterocycles. The molecule has 0 aromatic heterocycles. The van der Waals surface area contributed by atoms with Gasteiger partial charge < -0.3 is 9.84 Å². The van der Waals surface area contributed by atoms with E-state index in [2.05, 4.69) is 0 Å². The molecule has 0 saturated carbocycles. The summed E-state index contributed by atoms with van der Waals surface area (Å²) in [6, 6.07) is 22.3. The third-order valence-corrected chi connectivity index (χ3v) is 5.72. The first kappa shape index (κ1) is 23.0. The van der Waals surface area contributed by atoms with Gasteiger partial charge in [-0.1, -0.05) is 72.3 Å². The standard InChI is InChI=1S/C28H25NO5/c1-3-34-23(30)17-19-12-14-22(15-13-19)29-25(21-11-7-8-18(2)16-21)24(27(32)28(29)33)26(31)20-9-5-4-6-10-20/h4-16,25,31H,3,17H2,1-2H3/b26-24-. The minimum atomic E-state index is -0.795. The minimum absolute atomic E-state index is 0.0393. The maximum absolute atomic E-state index is 13.2. The van der Waals surface area contributed by atoms with Gasteiger partial charge >= 0.3 is 5.97 Å². The summed E-state index contributed by atoms with van der Waals surface area (Å²) < 4.78 is 4.99. The Morgan fingerprint density at radius 3 is 2.32 bits per heavy atom. The summed E-state index contributed by atoms with van der Waals surface area (Å²) >= 11 is 0. The van der Waals surface area contributed by atoms with E-state index in [0.717, 1.165) is 11.1 Å². The Morgan fingerprint density at radius 2 is 1.68 bits per heavy atom. The number of esters is 1. The summed E-state index contributed by atoms with van der Waals surface area (Å²) in [5.74, 6) is -2.02. The molecular formula is C28H25NO5. The number of rotatable bonds is 6. The highest BCUT2D eigenvalue weighted by Gasteiger charge is 2.46. The highest BCUT2D eigenvalue weighted by molar-refractivity contribution is 6.51. The molecule has 3 aromatic rings. The van der Waals surface area contributed by atoms with Gasteiger partial charge in [-0.15, -0.1) is 0 Å². The first-order valence-corrected chi connectivity index (χ1v) is 11.1. The van der Waals surface area contributed by atoms with Gasteiger partial charge in [0, 0.05) is 11.3 Å². The zero-order chi connectivity index (χ0) is 24.2. The summed E-state index contributed by atoms with van der Waals surface area (Å²) in [6.45, 7) is 3.98. The van der Waals surface area contributed by atoms with Gasteiger partial charge in [0.1, 0.15) is 5.76 Å². The van der Waals surface area contributed by atoms with Gasteiger partial charge in [0.25, 0.3) is 11.7 Å². The lowest BCUT2D eigenvalue weighted by Gasteiger charge is -2.26. The molecule has 1 amide bonds. The first-order chi connectivity index (χ1) is 16.4. The van der Waals surface area contributed by atoms with Crippen LogP contribution in [-0.4, -0.2) is 29.4 Å². The number of benzene rings is 3. The van der Waals surface area contributed by atoms with Crippen LogP contribution in [0.1, 0.15) is 35.2 Å². The van der Waals surface area contributed by atoms with Gasteiger partial charge in [-0.25, -0.2) is 0 Å². The smallest absolute Gasteiger partial charge is 0.310 e. The number of aliphatic hydroxyl groups is 1. The molecule has 172 valence electrons. The van der Waals surface area contributed by atoms with Crippen LogP contribution in [0.4, 0.5) is 5.69 Å². The number of nitrogens with zero attached hydrogens (tertiary/aromatic N) is 1. The van der Waals surface area contributed by atoms with Crippen LogP contribution in [0.15, 0.2) is 84.4 Å². The second-order valence-electron chi connectivity index (χ2n) is 8.10. The second-order valence-corrected chi connectivity index (χ2v) is 8.10. The largest absolute Gasteiger partial charge is 0.507 e. The first-order valence-electron chi connectivity index (χ1n) is 11.1. The van der Waals surface area contributed by atoms with Crippen LogP contribution in [0.3, 0.4) is 0 Å². The van der Waals surface area contributed by atoms with Crippen LogP contribution in [0.2, 0.25) is 0 Å². The van der Waals surface area contributed by atoms with Crippen molar-refractivity contribution in [1.29, 1.82) is 0 Å². The maximum atomic E-state index is 13.2. The molecule has 0 aliphatic carbocycles. The molecule has 1 aliphatic heterocycles. The molecule has 1 fully saturated rings. The monoisotopic (exact) mass is 455 g/mol. The van der Waals surface area contributed by atoms with E-state index >= 15 is 0 Å². The zero-order valence-corrected chi connectivity index (χ0v) is 19.0. The Kier molecular flexibility index (Phi) is 6.59. The molecule has 1 atom stereocenters. The number of aryl methyl sites for hydroxylation is 1. The third kappa shape index (κ3) is 4.48. The number of aliphatic hydroxyl groups excluding tert-OH is 1. The van der Waals surface area contributed by atoms with Gasteiger partial charge in [-0.3, -0.25) is 19.3 Å². The van der Waals surface area contributed by atoms with Crippen molar-refractivity contribution in [3.8, 4) is 0 Å². The van der Waals surface area contributed by atoms with Gasteiger partial charge in [0.05, 0.1) is 24.6 Å². The molecule has 6 heteroatoms.